The molecule has 0 aliphatic rings. The first-order valence-electron chi connectivity index (χ1n) is 10.4. The monoisotopic (exact) mass is 447 g/mol. The molecule has 0 saturated heterocycles. The van der Waals surface area contributed by atoms with E-state index in [1.807, 2.05) is 85.8 Å². The smallest absolute Gasteiger partial charge is 0.196 e. The molecule has 6 nitrogen and oxygen atoms in total. The first-order chi connectivity index (χ1) is 15.8. The van der Waals surface area contributed by atoms with Crippen LogP contribution in [0, 0.1) is 0 Å². The van der Waals surface area contributed by atoms with Crippen LogP contribution in [0.1, 0.15) is 6.92 Å². The summed E-state index contributed by atoms with van der Waals surface area (Å²) < 4.78 is 18.9. The first kappa shape index (κ1) is 21.8. The maximum atomic E-state index is 5.83. The number of methoxy groups -OCH3 is 1. The lowest BCUT2D eigenvalue weighted by atomic mass is 10.2. The standard InChI is InChI=1S/C25H25N3O3S/c1-3-30-22-14-12-20(13-15-22)28-24(19-8-7-11-23(18-19)29-2)26-27-25(28)32-17-16-31-21-9-5-4-6-10-21/h4-15,18H,3,16-17H2,1-2H3. The third-order valence-electron chi connectivity index (χ3n) is 4.69. The molecule has 1 aromatic heterocycles. The van der Waals surface area contributed by atoms with Gasteiger partial charge in [0.1, 0.15) is 17.2 Å². The Hall–Kier alpha value is -3.45. The summed E-state index contributed by atoms with van der Waals surface area (Å²) in [5.74, 6) is 3.95. The van der Waals surface area contributed by atoms with Crippen molar-refractivity contribution in [3.8, 4) is 34.3 Å². The molecule has 4 rings (SSSR count). The van der Waals surface area contributed by atoms with Crippen molar-refractivity contribution < 1.29 is 14.2 Å². The van der Waals surface area contributed by atoms with Gasteiger partial charge in [-0.1, -0.05) is 42.1 Å². The van der Waals surface area contributed by atoms with Crippen LogP contribution < -0.4 is 14.2 Å². The van der Waals surface area contributed by atoms with Crippen molar-refractivity contribution in [3.05, 3.63) is 78.9 Å². The fraction of sp³-hybridized carbons (Fsp3) is 0.200. The van der Waals surface area contributed by atoms with Crippen LogP contribution in [0.5, 0.6) is 17.2 Å². The molecular weight excluding hydrogens is 422 g/mol. The molecule has 164 valence electrons. The van der Waals surface area contributed by atoms with Crippen molar-refractivity contribution in [1.82, 2.24) is 14.8 Å². The number of rotatable bonds is 10. The van der Waals surface area contributed by atoms with E-state index < -0.39 is 0 Å². The predicted molar refractivity (Wildman–Crippen MR) is 127 cm³/mol. The van der Waals surface area contributed by atoms with E-state index in [2.05, 4.69) is 14.8 Å². The van der Waals surface area contributed by atoms with Crippen LogP contribution in [0.3, 0.4) is 0 Å². The Morgan fingerprint density at radius 2 is 1.56 bits per heavy atom. The van der Waals surface area contributed by atoms with Crippen LogP contribution >= 0.6 is 11.8 Å². The van der Waals surface area contributed by atoms with E-state index in [0.717, 1.165) is 45.2 Å². The van der Waals surface area contributed by atoms with Gasteiger partial charge in [-0.05, 0) is 55.5 Å². The Balaban J connectivity index is 1.59. The zero-order valence-electron chi connectivity index (χ0n) is 18.1. The molecular formula is C25H25N3O3S. The first-order valence-corrected chi connectivity index (χ1v) is 11.4. The fourth-order valence-corrected chi connectivity index (χ4v) is 3.98. The van der Waals surface area contributed by atoms with Gasteiger partial charge in [0, 0.05) is 17.0 Å². The molecule has 0 spiro atoms. The lowest BCUT2D eigenvalue weighted by Gasteiger charge is -2.12. The number of hydrogen-bond acceptors (Lipinski definition) is 6. The highest BCUT2D eigenvalue weighted by Crippen LogP contribution is 2.30. The second-order valence-electron chi connectivity index (χ2n) is 6.81. The van der Waals surface area contributed by atoms with Crippen molar-refractivity contribution in [1.29, 1.82) is 0 Å². The van der Waals surface area contributed by atoms with Gasteiger partial charge in [0.2, 0.25) is 0 Å². The molecule has 0 N–H and O–H groups in total. The van der Waals surface area contributed by atoms with Gasteiger partial charge in [-0.15, -0.1) is 10.2 Å². The fourth-order valence-electron chi connectivity index (χ4n) is 3.21. The largest absolute Gasteiger partial charge is 0.497 e. The number of aromatic nitrogens is 3. The summed E-state index contributed by atoms with van der Waals surface area (Å²) in [6.45, 7) is 3.17. The molecule has 0 atom stereocenters. The molecule has 4 aromatic rings. The third kappa shape index (κ3) is 5.23. The number of para-hydroxylation sites is 1. The van der Waals surface area contributed by atoms with E-state index in [1.165, 1.54) is 0 Å². The highest BCUT2D eigenvalue weighted by molar-refractivity contribution is 7.99. The molecule has 0 saturated carbocycles. The van der Waals surface area contributed by atoms with Gasteiger partial charge in [-0.25, -0.2) is 0 Å². The van der Waals surface area contributed by atoms with E-state index >= 15 is 0 Å². The summed E-state index contributed by atoms with van der Waals surface area (Å²) in [4.78, 5) is 0. The zero-order valence-corrected chi connectivity index (χ0v) is 18.9. The number of benzene rings is 3. The second kappa shape index (κ2) is 10.7. The van der Waals surface area contributed by atoms with Crippen molar-refractivity contribution in [2.24, 2.45) is 0 Å². The molecule has 0 aliphatic heterocycles. The van der Waals surface area contributed by atoms with E-state index in [-0.39, 0.29) is 0 Å². The molecule has 1 heterocycles. The number of ether oxygens (including phenoxy) is 3. The summed E-state index contributed by atoms with van der Waals surface area (Å²) in [6, 6.07) is 25.6. The van der Waals surface area contributed by atoms with Gasteiger partial charge in [-0.3, -0.25) is 4.57 Å². The molecule has 0 fully saturated rings. The summed E-state index contributed by atoms with van der Waals surface area (Å²) >= 11 is 1.60. The molecule has 0 amide bonds. The van der Waals surface area contributed by atoms with Crippen LogP contribution in [0.4, 0.5) is 0 Å². The highest BCUT2D eigenvalue weighted by Gasteiger charge is 2.17. The van der Waals surface area contributed by atoms with Gasteiger partial charge in [0.05, 0.1) is 20.3 Å². The maximum absolute atomic E-state index is 5.83. The van der Waals surface area contributed by atoms with Crippen LogP contribution in [0.25, 0.3) is 17.1 Å². The van der Waals surface area contributed by atoms with Crippen molar-refractivity contribution in [3.63, 3.8) is 0 Å². The molecule has 32 heavy (non-hydrogen) atoms. The maximum Gasteiger partial charge on any atom is 0.196 e. The van der Waals surface area contributed by atoms with Crippen molar-refractivity contribution in [2.45, 2.75) is 12.1 Å². The Morgan fingerprint density at radius 1 is 0.812 bits per heavy atom. The van der Waals surface area contributed by atoms with Crippen LogP contribution in [0.15, 0.2) is 84.0 Å². The summed E-state index contributed by atoms with van der Waals surface area (Å²) in [5.41, 5.74) is 1.89. The minimum Gasteiger partial charge on any atom is -0.497 e. The van der Waals surface area contributed by atoms with Crippen molar-refractivity contribution >= 4 is 11.8 Å². The number of nitrogens with zero attached hydrogens (tertiary/aromatic N) is 3. The highest BCUT2D eigenvalue weighted by atomic mass is 32.2. The van der Waals surface area contributed by atoms with Gasteiger partial charge in [0.15, 0.2) is 11.0 Å². The third-order valence-corrected chi connectivity index (χ3v) is 5.59. The summed E-state index contributed by atoms with van der Waals surface area (Å²) in [5, 5.41) is 9.77. The van der Waals surface area contributed by atoms with Gasteiger partial charge in [0.25, 0.3) is 0 Å². The minimum atomic E-state index is 0.569. The summed E-state index contributed by atoms with van der Waals surface area (Å²) in [6.07, 6.45) is 0. The van der Waals surface area contributed by atoms with Crippen LogP contribution in [-0.2, 0) is 0 Å². The molecule has 3 aromatic carbocycles. The topological polar surface area (TPSA) is 58.4 Å². The van der Waals surface area contributed by atoms with Gasteiger partial charge >= 0.3 is 0 Å². The average molecular weight is 448 g/mol. The Morgan fingerprint density at radius 3 is 2.31 bits per heavy atom. The minimum absolute atomic E-state index is 0.569. The van der Waals surface area contributed by atoms with Crippen molar-refractivity contribution in [2.75, 3.05) is 26.1 Å². The van der Waals surface area contributed by atoms with E-state index in [9.17, 15) is 0 Å². The zero-order chi connectivity index (χ0) is 22.2. The van der Waals surface area contributed by atoms with E-state index in [1.54, 1.807) is 18.9 Å². The molecule has 0 aliphatic carbocycles. The number of hydrogen-bond donors (Lipinski definition) is 0. The average Bonchev–Trinajstić information content (AvgIpc) is 3.27. The normalized spacial score (nSPS) is 10.7. The van der Waals surface area contributed by atoms with Gasteiger partial charge in [-0.2, -0.15) is 0 Å². The predicted octanol–water partition coefficient (Wildman–Crippen LogP) is 5.51. The lowest BCUT2D eigenvalue weighted by molar-refractivity contribution is 0.340. The number of thioether (sulfide) groups is 1. The Kier molecular flexibility index (Phi) is 7.30. The lowest BCUT2D eigenvalue weighted by Crippen LogP contribution is -2.03. The quantitative estimate of drug-likeness (QED) is 0.236. The second-order valence-corrected chi connectivity index (χ2v) is 7.87. The van der Waals surface area contributed by atoms with E-state index in [0.29, 0.717) is 13.2 Å². The molecule has 0 radical (unpaired) electrons. The van der Waals surface area contributed by atoms with Gasteiger partial charge < -0.3 is 14.2 Å². The SMILES string of the molecule is CCOc1ccc(-n2c(SCCOc3ccccc3)nnc2-c2cccc(OC)c2)cc1. The van der Waals surface area contributed by atoms with Crippen LogP contribution in [-0.4, -0.2) is 40.8 Å². The molecule has 7 heteroatoms. The molecule has 0 bridgehead atoms. The molecule has 0 unspecified atom stereocenters. The Labute approximate surface area is 192 Å². The Bertz CT molecular complexity index is 1130. The van der Waals surface area contributed by atoms with Crippen LogP contribution in [0.2, 0.25) is 0 Å². The van der Waals surface area contributed by atoms with E-state index in [4.69, 9.17) is 14.2 Å². The summed E-state index contributed by atoms with van der Waals surface area (Å²) in [7, 11) is 1.66.